The third-order valence-corrected chi connectivity index (χ3v) is 2.27. The van der Waals surface area contributed by atoms with Crippen LogP contribution in [0.15, 0.2) is 23.1 Å². The molecule has 0 radical (unpaired) electrons. The van der Waals surface area contributed by atoms with Gasteiger partial charge in [0.25, 0.3) is 0 Å². The lowest BCUT2D eigenvalue weighted by Crippen LogP contribution is -2.19. The number of hydrogen-bond acceptors (Lipinski definition) is 4. The molecule has 2 heterocycles. The highest BCUT2D eigenvalue weighted by molar-refractivity contribution is 5.94. The highest BCUT2D eigenvalue weighted by atomic mass is 16.2. The van der Waals surface area contributed by atoms with Gasteiger partial charge < -0.3 is 5.32 Å². The lowest BCUT2D eigenvalue weighted by atomic mass is 10.2. The Kier molecular flexibility index (Phi) is 2.62. The molecule has 0 aliphatic rings. The maximum atomic E-state index is 11.5. The fourth-order valence-electron chi connectivity index (χ4n) is 1.29. The second-order valence-corrected chi connectivity index (χ2v) is 3.51. The van der Waals surface area contributed by atoms with Crippen molar-refractivity contribution in [3.63, 3.8) is 0 Å². The summed E-state index contributed by atoms with van der Waals surface area (Å²) in [6.07, 6.45) is 1.49. The SMILES string of the molecule is CC(C#N)C(=O)Nc1ccn2c(=O)[nH]nc2c1. The monoisotopic (exact) mass is 231 g/mol. The Bertz CT molecular complexity index is 663. The second kappa shape index (κ2) is 4.09. The van der Waals surface area contributed by atoms with Crippen LogP contribution in [0, 0.1) is 17.2 Å². The van der Waals surface area contributed by atoms with E-state index >= 15 is 0 Å². The summed E-state index contributed by atoms with van der Waals surface area (Å²) in [5, 5.41) is 17.2. The van der Waals surface area contributed by atoms with Crippen LogP contribution in [-0.2, 0) is 4.79 Å². The van der Waals surface area contributed by atoms with Crippen LogP contribution >= 0.6 is 0 Å². The van der Waals surface area contributed by atoms with E-state index in [4.69, 9.17) is 5.26 Å². The fraction of sp³-hybridized carbons (Fsp3) is 0.200. The number of carbonyl (C=O) groups excluding carboxylic acids is 1. The van der Waals surface area contributed by atoms with Crippen molar-refractivity contribution < 1.29 is 4.79 Å². The number of pyridine rings is 1. The smallest absolute Gasteiger partial charge is 0.325 e. The van der Waals surface area contributed by atoms with Gasteiger partial charge in [-0.2, -0.15) is 10.4 Å². The third-order valence-electron chi connectivity index (χ3n) is 2.27. The topological polar surface area (TPSA) is 103 Å². The summed E-state index contributed by atoms with van der Waals surface area (Å²) in [6, 6.07) is 4.94. The molecule has 1 atom stereocenters. The van der Waals surface area contributed by atoms with Crippen LogP contribution in [0.25, 0.3) is 5.65 Å². The molecule has 2 aromatic heterocycles. The first kappa shape index (κ1) is 10.9. The van der Waals surface area contributed by atoms with E-state index in [0.29, 0.717) is 11.3 Å². The number of amides is 1. The van der Waals surface area contributed by atoms with Crippen LogP contribution < -0.4 is 11.0 Å². The van der Waals surface area contributed by atoms with Gasteiger partial charge in [-0.25, -0.2) is 9.89 Å². The number of H-pyrrole nitrogens is 1. The zero-order valence-electron chi connectivity index (χ0n) is 8.97. The number of aromatic nitrogens is 3. The minimum Gasteiger partial charge on any atom is -0.325 e. The van der Waals surface area contributed by atoms with Gasteiger partial charge in [0.15, 0.2) is 5.65 Å². The third kappa shape index (κ3) is 2.01. The summed E-state index contributed by atoms with van der Waals surface area (Å²) in [5.41, 5.74) is 0.546. The van der Waals surface area contributed by atoms with Crippen LogP contribution in [0.2, 0.25) is 0 Å². The molecule has 2 N–H and O–H groups in total. The van der Waals surface area contributed by atoms with Crippen molar-refractivity contribution in [2.75, 3.05) is 5.32 Å². The molecule has 1 amide bonds. The lowest BCUT2D eigenvalue weighted by molar-refractivity contribution is -0.117. The Morgan fingerprint density at radius 3 is 3.18 bits per heavy atom. The number of nitrogens with zero attached hydrogens (tertiary/aromatic N) is 3. The highest BCUT2D eigenvalue weighted by Crippen LogP contribution is 2.09. The molecule has 0 saturated heterocycles. The van der Waals surface area contributed by atoms with Gasteiger partial charge in [0, 0.05) is 18.0 Å². The molecule has 0 saturated carbocycles. The van der Waals surface area contributed by atoms with Gasteiger partial charge >= 0.3 is 5.69 Å². The van der Waals surface area contributed by atoms with Gasteiger partial charge in [-0.05, 0) is 13.0 Å². The number of anilines is 1. The largest absolute Gasteiger partial charge is 0.347 e. The molecule has 2 rings (SSSR count). The number of fused-ring (bicyclic) bond motifs is 1. The van der Waals surface area contributed by atoms with Crippen molar-refractivity contribution in [2.45, 2.75) is 6.92 Å². The standard InChI is InChI=1S/C10H9N5O2/c1-6(5-11)9(16)12-7-2-3-15-8(4-7)13-14-10(15)17/h2-4,6H,1H3,(H,12,16)(H,14,17). The molecule has 17 heavy (non-hydrogen) atoms. The molecule has 0 aliphatic carbocycles. The minimum absolute atomic E-state index is 0.344. The van der Waals surface area contributed by atoms with Crippen LogP contribution in [0.1, 0.15) is 6.92 Å². The van der Waals surface area contributed by atoms with E-state index in [1.807, 2.05) is 6.07 Å². The minimum atomic E-state index is -0.729. The van der Waals surface area contributed by atoms with Crippen molar-refractivity contribution in [3.8, 4) is 6.07 Å². The second-order valence-electron chi connectivity index (χ2n) is 3.51. The Balaban J connectivity index is 2.29. The Hall–Kier alpha value is -2.62. The van der Waals surface area contributed by atoms with Crippen LogP contribution in [0.5, 0.6) is 0 Å². The maximum Gasteiger partial charge on any atom is 0.347 e. The predicted octanol–water partition coefficient (Wildman–Crippen LogP) is 0.121. The highest BCUT2D eigenvalue weighted by Gasteiger charge is 2.12. The first-order chi connectivity index (χ1) is 8.11. The molecular weight excluding hydrogens is 222 g/mol. The average Bonchev–Trinajstić information content (AvgIpc) is 2.69. The van der Waals surface area contributed by atoms with Crippen molar-refractivity contribution in [1.82, 2.24) is 14.6 Å². The Labute approximate surface area is 95.7 Å². The van der Waals surface area contributed by atoms with Gasteiger partial charge in [-0.1, -0.05) is 0 Å². The molecule has 2 aromatic rings. The number of aromatic amines is 1. The lowest BCUT2D eigenvalue weighted by Gasteiger charge is -2.05. The van der Waals surface area contributed by atoms with E-state index in [1.165, 1.54) is 17.5 Å². The van der Waals surface area contributed by atoms with Crippen molar-refractivity contribution in [3.05, 3.63) is 28.8 Å². The van der Waals surface area contributed by atoms with Crippen molar-refractivity contribution in [1.29, 1.82) is 5.26 Å². The summed E-state index contributed by atoms with van der Waals surface area (Å²) in [4.78, 5) is 22.6. The van der Waals surface area contributed by atoms with Crippen LogP contribution in [0.4, 0.5) is 5.69 Å². The Morgan fingerprint density at radius 1 is 1.71 bits per heavy atom. The van der Waals surface area contributed by atoms with Gasteiger partial charge in [0.1, 0.15) is 5.92 Å². The molecule has 0 aliphatic heterocycles. The van der Waals surface area contributed by atoms with Crippen molar-refractivity contribution in [2.24, 2.45) is 5.92 Å². The van der Waals surface area contributed by atoms with E-state index in [0.717, 1.165) is 0 Å². The maximum absolute atomic E-state index is 11.5. The molecule has 0 bridgehead atoms. The number of nitrogens with one attached hydrogen (secondary N) is 2. The fourth-order valence-corrected chi connectivity index (χ4v) is 1.29. The molecule has 7 nitrogen and oxygen atoms in total. The molecule has 86 valence electrons. The van der Waals surface area contributed by atoms with Crippen molar-refractivity contribution >= 4 is 17.2 Å². The molecular formula is C10H9N5O2. The summed E-state index contributed by atoms with van der Waals surface area (Å²) in [6.45, 7) is 1.51. The zero-order chi connectivity index (χ0) is 12.4. The molecule has 7 heteroatoms. The van der Waals surface area contributed by atoms with E-state index in [2.05, 4.69) is 15.5 Å². The van der Waals surface area contributed by atoms with E-state index in [1.54, 1.807) is 12.1 Å². The molecule has 0 fully saturated rings. The summed E-state index contributed by atoms with van der Waals surface area (Å²) in [5.74, 6) is -1.12. The van der Waals surface area contributed by atoms with Crippen LogP contribution in [-0.4, -0.2) is 20.5 Å². The molecule has 1 unspecified atom stereocenters. The predicted molar refractivity (Wildman–Crippen MR) is 59.2 cm³/mol. The quantitative estimate of drug-likeness (QED) is 0.766. The normalized spacial score (nSPS) is 12.0. The average molecular weight is 231 g/mol. The van der Waals surface area contributed by atoms with E-state index in [9.17, 15) is 9.59 Å². The summed E-state index contributed by atoms with van der Waals surface area (Å²) in [7, 11) is 0. The number of nitriles is 1. The van der Waals surface area contributed by atoms with Gasteiger partial charge in [-0.15, -0.1) is 0 Å². The van der Waals surface area contributed by atoms with E-state index < -0.39 is 11.8 Å². The number of carbonyl (C=O) groups is 1. The van der Waals surface area contributed by atoms with E-state index in [-0.39, 0.29) is 5.69 Å². The number of hydrogen-bond donors (Lipinski definition) is 2. The first-order valence-electron chi connectivity index (χ1n) is 4.89. The van der Waals surface area contributed by atoms with Crippen LogP contribution in [0.3, 0.4) is 0 Å². The van der Waals surface area contributed by atoms with Gasteiger partial charge in [0.2, 0.25) is 5.91 Å². The molecule has 0 spiro atoms. The van der Waals surface area contributed by atoms with Gasteiger partial charge in [0.05, 0.1) is 6.07 Å². The molecule has 0 aromatic carbocycles. The van der Waals surface area contributed by atoms with Gasteiger partial charge in [-0.3, -0.25) is 9.20 Å². The summed E-state index contributed by atoms with van der Waals surface area (Å²) < 4.78 is 1.31. The zero-order valence-corrected chi connectivity index (χ0v) is 8.97. The summed E-state index contributed by atoms with van der Waals surface area (Å²) >= 11 is 0. The Morgan fingerprint density at radius 2 is 2.47 bits per heavy atom. The number of rotatable bonds is 2. The first-order valence-corrected chi connectivity index (χ1v) is 4.89.